The van der Waals surface area contributed by atoms with Gasteiger partial charge in [-0.1, -0.05) is 36.9 Å². The molecule has 22 heavy (non-hydrogen) atoms. The van der Waals surface area contributed by atoms with Gasteiger partial charge in [0.05, 0.1) is 22.4 Å². The van der Waals surface area contributed by atoms with Crippen molar-refractivity contribution in [3.05, 3.63) is 81.1 Å². The summed E-state index contributed by atoms with van der Waals surface area (Å²) in [4.78, 5) is 22.9. The molecule has 0 aliphatic heterocycles. The summed E-state index contributed by atoms with van der Waals surface area (Å²) in [7, 11) is 0. The first kappa shape index (κ1) is 13.8. The third-order valence-electron chi connectivity index (χ3n) is 3.51. The van der Waals surface area contributed by atoms with Crippen LogP contribution in [-0.2, 0) is 6.54 Å². The summed E-state index contributed by atoms with van der Waals surface area (Å²) in [5, 5.41) is 11.2. The van der Waals surface area contributed by atoms with Gasteiger partial charge < -0.3 is 0 Å². The number of nitro groups is 1. The fourth-order valence-corrected chi connectivity index (χ4v) is 2.48. The zero-order chi connectivity index (χ0) is 15.7. The number of nitrogens with zero attached hydrogens (tertiary/aromatic N) is 3. The Morgan fingerprint density at radius 1 is 1.18 bits per heavy atom. The van der Waals surface area contributed by atoms with Crippen LogP contribution in [0.2, 0.25) is 0 Å². The summed E-state index contributed by atoms with van der Waals surface area (Å²) in [6, 6.07) is 13.8. The largest absolute Gasteiger partial charge is 0.275 e. The molecule has 0 atom stereocenters. The minimum Gasteiger partial charge on any atom is -0.267 e. The van der Waals surface area contributed by atoms with Gasteiger partial charge in [-0.3, -0.25) is 19.6 Å². The molecule has 110 valence electrons. The molecule has 0 amide bonds. The number of non-ortho nitro benzene ring substituents is 1. The van der Waals surface area contributed by atoms with Crippen molar-refractivity contribution in [2.24, 2.45) is 0 Å². The molecule has 0 saturated carbocycles. The maximum atomic E-state index is 12.6. The van der Waals surface area contributed by atoms with Crippen molar-refractivity contribution < 1.29 is 4.92 Å². The Labute approximate surface area is 125 Å². The number of benzene rings is 2. The topological polar surface area (TPSA) is 70.1 Å². The Morgan fingerprint density at radius 2 is 1.91 bits per heavy atom. The van der Waals surface area contributed by atoms with Crippen LogP contribution in [0.3, 0.4) is 0 Å². The van der Waals surface area contributed by atoms with E-state index in [-0.39, 0.29) is 11.2 Å². The van der Waals surface area contributed by atoms with E-state index >= 15 is 0 Å². The number of fused-ring (bicyclic) bond motifs is 1. The van der Waals surface area contributed by atoms with E-state index in [0.717, 1.165) is 5.56 Å². The Kier molecular flexibility index (Phi) is 3.34. The third kappa shape index (κ3) is 2.20. The molecule has 2 aromatic carbocycles. The van der Waals surface area contributed by atoms with Crippen LogP contribution < -0.4 is 5.56 Å². The predicted octanol–water partition coefficient (Wildman–Crippen LogP) is 2.86. The van der Waals surface area contributed by atoms with Gasteiger partial charge in [-0.2, -0.15) is 0 Å². The van der Waals surface area contributed by atoms with Crippen LogP contribution in [0.25, 0.3) is 17.1 Å². The highest BCUT2D eigenvalue weighted by molar-refractivity contribution is 5.82. The van der Waals surface area contributed by atoms with Gasteiger partial charge in [0.2, 0.25) is 0 Å². The minimum absolute atomic E-state index is 0.0994. The van der Waals surface area contributed by atoms with Crippen molar-refractivity contribution in [2.75, 3.05) is 0 Å². The normalized spacial score (nSPS) is 10.7. The van der Waals surface area contributed by atoms with E-state index in [4.69, 9.17) is 0 Å². The van der Waals surface area contributed by atoms with Crippen molar-refractivity contribution in [1.82, 2.24) is 9.36 Å². The maximum Gasteiger partial charge on any atom is 0.275 e. The fraction of sp³-hybridized carbons (Fsp3) is 0.0625. The first-order valence-corrected chi connectivity index (χ1v) is 6.68. The van der Waals surface area contributed by atoms with Crippen molar-refractivity contribution >= 4 is 22.8 Å². The van der Waals surface area contributed by atoms with Crippen LogP contribution >= 0.6 is 0 Å². The third-order valence-corrected chi connectivity index (χ3v) is 3.51. The molecule has 0 radical (unpaired) electrons. The highest BCUT2D eigenvalue weighted by Crippen LogP contribution is 2.19. The highest BCUT2D eigenvalue weighted by Gasteiger charge is 2.15. The summed E-state index contributed by atoms with van der Waals surface area (Å²) in [6.07, 6.45) is 1.53. The quantitative estimate of drug-likeness (QED) is 0.549. The Morgan fingerprint density at radius 3 is 2.55 bits per heavy atom. The molecule has 1 aromatic heterocycles. The molecule has 6 heteroatoms. The Hall–Kier alpha value is -3.15. The lowest BCUT2D eigenvalue weighted by molar-refractivity contribution is -0.384. The van der Waals surface area contributed by atoms with Crippen LogP contribution in [0.15, 0.2) is 59.9 Å². The monoisotopic (exact) mass is 295 g/mol. The average Bonchev–Trinajstić information content (AvgIpc) is 2.80. The molecule has 0 unspecified atom stereocenters. The molecule has 0 spiro atoms. The van der Waals surface area contributed by atoms with Crippen molar-refractivity contribution in [3.8, 4) is 0 Å². The lowest BCUT2D eigenvalue weighted by Crippen LogP contribution is -2.21. The van der Waals surface area contributed by atoms with E-state index in [1.165, 1.54) is 23.0 Å². The van der Waals surface area contributed by atoms with Crippen molar-refractivity contribution in [3.63, 3.8) is 0 Å². The second-order valence-corrected chi connectivity index (χ2v) is 4.83. The molecule has 0 bridgehead atoms. The van der Waals surface area contributed by atoms with Gasteiger partial charge in [0.1, 0.15) is 0 Å². The average molecular weight is 295 g/mol. The van der Waals surface area contributed by atoms with Crippen LogP contribution in [0.4, 0.5) is 5.69 Å². The van der Waals surface area contributed by atoms with Gasteiger partial charge in [-0.25, -0.2) is 4.68 Å². The first-order valence-electron chi connectivity index (χ1n) is 6.68. The summed E-state index contributed by atoms with van der Waals surface area (Å²) < 4.78 is 3.13. The first-order chi connectivity index (χ1) is 10.6. The smallest absolute Gasteiger partial charge is 0.267 e. The van der Waals surface area contributed by atoms with Crippen LogP contribution in [-0.4, -0.2) is 14.3 Å². The van der Waals surface area contributed by atoms with E-state index in [1.807, 2.05) is 30.3 Å². The Balaban J connectivity index is 2.21. The van der Waals surface area contributed by atoms with E-state index in [0.29, 0.717) is 17.4 Å². The number of rotatable bonds is 4. The van der Waals surface area contributed by atoms with E-state index in [9.17, 15) is 14.9 Å². The van der Waals surface area contributed by atoms with E-state index < -0.39 is 4.92 Å². The highest BCUT2D eigenvalue weighted by atomic mass is 16.6. The van der Waals surface area contributed by atoms with Gasteiger partial charge in [0.25, 0.3) is 11.2 Å². The molecular formula is C16H13N3O3. The molecule has 3 aromatic rings. The fourth-order valence-electron chi connectivity index (χ4n) is 2.48. The van der Waals surface area contributed by atoms with Gasteiger partial charge in [0, 0.05) is 18.3 Å². The van der Waals surface area contributed by atoms with Gasteiger partial charge in [-0.15, -0.1) is 0 Å². The SMILES string of the molecule is C=Cn1c2ccc([N+](=O)[O-])cc2c(=O)n1Cc1ccccc1. The number of aromatic nitrogens is 2. The summed E-state index contributed by atoms with van der Waals surface area (Å²) in [5.74, 6) is 0. The van der Waals surface area contributed by atoms with Crippen LogP contribution in [0.1, 0.15) is 5.56 Å². The zero-order valence-electron chi connectivity index (χ0n) is 11.7. The second-order valence-electron chi connectivity index (χ2n) is 4.83. The number of hydrogen-bond donors (Lipinski definition) is 0. The molecule has 3 rings (SSSR count). The molecule has 0 fully saturated rings. The number of hydrogen-bond acceptors (Lipinski definition) is 3. The summed E-state index contributed by atoms with van der Waals surface area (Å²) in [6.45, 7) is 4.09. The molecule has 6 nitrogen and oxygen atoms in total. The molecule has 0 saturated heterocycles. The lowest BCUT2D eigenvalue weighted by atomic mass is 10.2. The molecule has 0 N–H and O–H groups in total. The predicted molar refractivity (Wildman–Crippen MR) is 84.8 cm³/mol. The zero-order valence-corrected chi connectivity index (χ0v) is 11.7. The van der Waals surface area contributed by atoms with Gasteiger partial charge in [-0.05, 0) is 11.6 Å². The molecular weight excluding hydrogens is 282 g/mol. The van der Waals surface area contributed by atoms with Crippen molar-refractivity contribution in [1.29, 1.82) is 0 Å². The second kappa shape index (κ2) is 5.33. The number of nitro benzene ring substituents is 1. The Bertz CT molecular complexity index is 923. The molecule has 0 aliphatic rings. The molecule has 1 heterocycles. The summed E-state index contributed by atoms with van der Waals surface area (Å²) in [5.41, 5.74) is 1.19. The van der Waals surface area contributed by atoms with Crippen molar-refractivity contribution in [2.45, 2.75) is 6.54 Å². The minimum atomic E-state index is -0.508. The summed E-state index contributed by atoms with van der Waals surface area (Å²) >= 11 is 0. The van der Waals surface area contributed by atoms with Crippen LogP contribution in [0, 0.1) is 10.1 Å². The molecule has 0 aliphatic carbocycles. The van der Waals surface area contributed by atoms with Gasteiger partial charge >= 0.3 is 0 Å². The van der Waals surface area contributed by atoms with Crippen LogP contribution in [0.5, 0.6) is 0 Å². The lowest BCUT2D eigenvalue weighted by Gasteiger charge is -2.08. The van der Waals surface area contributed by atoms with Gasteiger partial charge in [0.15, 0.2) is 0 Å². The van der Waals surface area contributed by atoms with E-state index in [2.05, 4.69) is 6.58 Å². The maximum absolute atomic E-state index is 12.6. The standard InChI is InChI=1S/C16H13N3O3/c1-2-17-15-9-8-13(19(21)22)10-14(15)16(20)18(17)11-12-6-4-3-5-7-12/h2-10H,1,11H2. The van der Waals surface area contributed by atoms with E-state index in [1.54, 1.807) is 10.7 Å².